The number of carboxylic acid groups (broad SMARTS) is 1. The Balaban J connectivity index is 1.35. The summed E-state index contributed by atoms with van der Waals surface area (Å²) in [6, 6.07) is 11.2. The molecule has 1 amide bonds. The molecule has 8 nitrogen and oxygen atoms in total. The molecule has 1 N–H and O–H groups in total. The molecule has 0 aromatic heterocycles. The first-order chi connectivity index (χ1) is 17.7. The molecule has 2 aromatic rings. The third-order valence-corrected chi connectivity index (χ3v) is 6.91. The van der Waals surface area contributed by atoms with Crippen LogP contribution in [0, 0.1) is 5.82 Å². The molecule has 2 aliphatic heterocycles. The molecule has 0 bridgehead atoms. The zero-order chi connectivity index (χ0) is 26.6. The van der Waals surface area contributed by atoms with E-state index < -0.39 is 11.6 Å². The smallest absolute Gasteiger partial charge is 0.352 e. The Morgan fingerprint density at radius 3 is 2.54 bits per heavy atom. The van der Waals surface area contributed by atoms with E-state index in [9.17, 15) is 19.1 Å². The minimum Gasteiger partial charge on any atom is -0.485 e. The van der Waals surface area contributed by atoms with Crippen LogP contribution >= 0.6 is 11.6 Å². The van der Waals surface area contributed by atoms with Crippen molar-refractivity contribution in [3.8, 4) is 11.5 Å². The second-order valence-electron chi connectivity index (χ2n) is 9.46. The van der Waals surface area contributed by atoms with E-state index in [1.165, 1.54) is 24.5 Å². The van der Waals surface area contributed by atoms with Crippen molar-refractivity contribution >= 4 is 23.5 Å². The van der Waals surface area contributed by atoms with Gasteiger partial charge < -0.3 is 24.2 Å². The fourth-order valence-electron chi connectivity index (χ4n) is 4.48. The number of carbonyl (C=O) groups is 2. The lowest BCUT2D eigenvalue weighted by atomic mass is 10.0. The van der Waals surface area contributed by atoms with Gasteiger partial charge in [-0.2, -0.15) is 0 Å². The minimum absolute atomic E-state index is 0.0453. The first-order valence-corrected chi connectivity index (χ1v) is 12.4. The summed E-state index contributed by atoms with van der Waals surface area (Å²) < 4.78 is 30.1. The Morgan fingerprint density at radius 2 is 1.86 bits per heavy atom. The molecular formula is C27H30ClFN2O6. The number of benzene rings is 2. The zero-order valence-corrected chi connectivity index (χ0v) is 21.5. The van der Waals surface area contributed by atoms with Gasteiger partial charge in [0, 0.05) is 49.2 Å². The van der Waals surface area contributed by atoms with E-state index in [4.69, 9.17) is 25.8 Å². The van der Waals surface area contributed by atoms with Gasteiger partial charge in [-0.25, -0.2) is 9.18 Å². The maximum Gasteiger partial charge on any atom is 0.352 e. The van der Waals surface area contributed by atoms with Crippen molar-refractivity contribution in [3.63, 3.8) is 0 Å². The molecule has 3 atom stereocenters. The van der Waals surface area contributed by atoms with Gasteiger partial charge in [-0.15, -0.1) is 0 Å². The molecule has 0 radical (unpaired) electrons. The fraction of sp³-hybridized carbons (Fsp3) is 0.407. The highest BCUT2D eigenvalue weighted by atomic mass is 35.5. The van der Waals surface area contributed by atoms with Gasteiger partial charge in [0.2, 0.25) is 5.60 Å². The van der Waals surface area contributed by atoms with E-state index >= 15 is 0 Å². The van der Waals surface area contributed by atoms with Gasteiger partial charge in [-0.3, -0.25) is 9.69 Å². The molecule has 4 rings (SSSR count). The number of carboxylic acids is 1. The maximum atomic E-state index is 13.2. The number of hydrogen-bond acceptors (Lipinski definition) is 6. The Bertz CT molecular complexity index is 1150. The molecule has 2 heterocycles. The van der Waals surface area contributed by atoms with Gasteiger partial charge in [0.05, 0.1) is 6.26 Å². The average molecular weight is 533 g/mol. The summed E-state index contributed by atoms with van der Waals surface area (Å²) in [6.07, 6.45) is 3.13. The number of piperazine rings is 1. The molecule has 2 aliphatic rings. The summed E-state index contributed by atoms with van der Waals surface area (Å²) in [5, 5.41) is 9.95. The normalized spacial score (nSPS) is 23.5. The number of ether oxygens (including phenoxy) is 3. The number of nitrogens with zero attached hydrogens (tertiary/aromatic N) is 2. The quantitative estimate of drug-likeness (QED) is 0.520. The number of amides is 1. The summed E-state index contributed by atoms with van der Waals surface area (Å²) in [7, 11) is 0. The van der Waals surface area contributed by atoms with Crippen molar-refractivity contribution < 1.29 is 33.3 Å². The molecule has 0 saturated carbocycles. The van der Waals surface area contributed by atoms with Crippen molar-refractivity contribution in [3.05, 3.63) is 71.2 Å². The maximum absolute atomic E-state index is 13.2. The van der Waals surface area contributed by atoms with Crippen molar-refractivity contribution in [2.24, 2.45) is 0 Å². The standard InChI is InChI=1S/C27H30ClFN2O6/c1-18-14-31(19(2)13-30(18)15-20-4-7-22(29)8-5-20)25(32)16-35-23-9-6-21(28)12-24(23)36-17-27(26(33)34)10-3-11-37-27/h3-9,11-12,18-19H,10,13-17H2,1-2H3,(H,33,34)/t18-,19+,27?/m0/s1. The molecular weight excluding hydrogens is 503 g/mol. The van der Waals surface area contributed by atoms with E-state index in [0.717, 1.165) is 5.56 Å². The van der Waals surface area contributed by atoms with Gasteiger partial charge in [0.25, 0.3) is 5.91 Å². The van der Waals surface area contributed by atoms with Gasteiger partial charge in [0.15, 0.2) is 18.1 Å². The Labute approximate surface area is 220 Å². The molecule has 10 heteroatoms. The van der Waals surface area contributed by atoms with Gasteiger partial charge in [-0.05, 0) is 49.8 Å². The van der Waals surface area contributed by atoms with Crippen molar-refractivity contribution in [1.82, 2.24) is 9.80 Å². The summed E-state index contributed by atoms with van der Waals surface area (Å²) in [4.78, 5) is 28.9. The number of hydrogen-bond donors (Lipinski definition) is 1. The van der Waals surface area contributed by atoms with Crippen LogP contribution in [-0.4, -0.2) is 70.8 Å². The SMILES string of the molecule is C[C@@H]1CN(Cc2ccc(F)cc2)[C@@H](C)CN1C(=O)COc1ccc(Cl)cc1OCC1(C(=O)O)CC=CO1. The van der Waals surface area contributed by atoms with Crippen LogP contribution in [0.1, 0.15) is 25.8 Å². The van der Waals surface area contributed by atoms with Crippen molar-refractivity contribution in [2.45, 2.75) is 44.5 Å². The molecule has 0 aliphatic carbocycles. The number of halogens is 2. The number of aliphatic carboxylic acids is 1. The van der Waals surface area contributed by atoms with E-state index in [2.05, 4.69) is 11.8 Å². The third-order valence-electron chi connectivity index (χ3n) is 6.68. The summed E-state index contributed by atoms with van der Waals surface area (Å²) in [5.41, 5.74) is -0.503. The lowest BCUT2D eigenvalue weighted by Gasteiger charge is -2.44. The van der Waals surface area contributed by atoms with E-state index in [-0.39, 0.29) is 54.9 Å². The molecule has 198 valence electrons. The largest absolute Gasteiger partial charge is 0.485 e. The molecule has 1 unspecified atom stereocenters. The molecule has 2 aromatic carbocycles. The topological polar surface area (TPSA) is 88.5 Å². The number of rotatable bonds is 9. The van der Waals surface area contributed by atoms with E-state index in [1.807, 2.05) is 6.92 Å². The predicted molar refractivity (Wildman–Crippen MR) is 135 cm³/mol. The second-order valence-corrected chi connectivity index (χ2v) is 9.90. The monoisotopic (exact) mass is 532 g/mol. The first-order valence-electron chi connectivity index (χ1n) is 12.1. The van der Waals surface area contributed by atoms with Crippen LogP contribution in [0.2, 0.25) is 5.02 Å². The highest BCUT2D eigenvalue weighted by Crippen LogP contribution is 2.33. The predicted octanol–water partition coefficient (Wildman–Crippen LogP) is 4.12. The summed E-state index contributed by atoms with van der Waals surface area (Å²) >= 11 is 6.11. The van der Waals surface area contributed by atoms with Gasteiger partial charge in [0.1, 0.15) is 12.4 Å². The molecule has 1 fully saturated rings. The van der Waals surface area contributed by atoms with Crippen LogP contribution in [0.25, 0.3) is 0 Å². The summed E-state index contributed by atoms with van der Waals surface area (Å²) in [6.45, 7) is 5.44. The second kappa shape index (κ2) is 11.4. The highest BCUT2D eigenvalue weighted by Gasteiger charge is 2.43. The van der Waals surface area contributed by atoms with E-state index in [1.54, 1.807) is 35.2 Å². The Hall–Kier alpha value is -3.30. The molecule has 37 heavy (non-hydrogen) atoms. The lowest BCUT2D eigenvalue weighted by molar-refractivity contribution is -0.160. The van der Waals surface area contributed by atoms with Crippen LogP contribution in [0.5, 0.6) is 11.5 Å². The van der Waals surface area contributed by atoms with Crippen LogP contribution in [0.3, 0.4) is 0 Å². The van der Waals surface area contributed by atoms with Crippen LogP contribution in [0.15, 0.2) is 54.8 Å². The Kier molecular flexibility index (Phi) is 8.24. The van der Waals surface area contributed by atoms with Crippen LogP contribution in [0.4, 0.5) is 4.39 Å². The van der Waals surface area contributed by atoms with Gasteiger partial charge >= 0.3 is 5.97 Å². The lowest BCUT2D eigenvalue weighted by Crippen LogP contribution is -2.58. The summed E-state index contributed by atoms with van der Waals surface area (Å²) in [5.74, 6) is -1.08. The highest BCUT2D eigenvalue weighted by molar-refractivity contribution is 6.30. The third kappa shape index (κ3) is 6.34. The Morgan fingerprint density at radius 1 is 1.11 bits per heavy atom. The minimum atomic E-state index is -1.52. The van der Waals surface area contributed by atoms with Crippen LogP contribution < -0.4 is 9.47 Å². The van der Waals surface area contributed by atoms with Crippen LogP contribution in [-0.2, 0) is 20.9 Å². The van der Waals surface area contributed by atoms with E-state index in [0.29, 0.717) is 24.7 Å². The number of carbonyl (C=O) groups excluding carboxylic acids is 1. The fourth-order valence-corrected chi connectivity index (χ4v) is 4.64. The van der Waals surface area contributed by atoms with Crippen molar-refractivity contribution in [1.29, 1.82) is 0 Å². The molecule has 1 saturated heterocycles. The first kappa shape index (κ1) is 26.8. The zero-order valence-electron chi connectivity index (χ0n) is 20.7. The van der Waals surface area contributed by atoms with Crippen molar-refractivity contribution in [2.75, 3.05) is 26.3 Å². The average Bonchev–Trinajstić information content (AvgIpc) is 3.36. The van der Waals surface area contributed by atoms with Gasteiger partial charge in [-0.1, -0.05) is 23.7 Å². The molecule has 0 spiro atoms.